The Bertz CT molecular complexity index is 8760. The Morgan fingerprint density at radius 1 is 0.228 bits per heavy atom. The monoisotopic (exact) mass is 1640 g/mol. The fraction of sp³-hybridized carbons (Fsp3) is 0. The van der Waals surface area contributed by atoms with Crippen molar-refractivity contribution >= 4 is 169 Å². The average Bonchev–Trinajstić information content (AvgIpc) is 1.58. The molecule has 0 saturated carbocycles. The molecule has 0 fully saturated rings. The van der Waals surface area contributed by atoms with Crippen LogP contribution in [0, 0.1) is 0 Å². The first kappa shape index (κ1) is 70.9. The molecule has 16 aromatic carbocycles. The lowest BCUT2D eigenvalue weighted by molar-refractivity contribution is 0.667. The Morgan fingerprint density at radius 3 is 1.10 bits per heavy atom. The van der Waals surface area contributed by atoms with Crippen molar-refractivity contribution in [2.45, 2.75) is 0 Å². The van der Waals surface area contributed by atoms with E-state index >= 15 is 0 Å². The van der Waals surface area contributed by atoms with Gasteiger partial charge in [-0.2, -0.15) is 0 Å². The molecule has 0 amide bonds. The summed E-state index contributed by atoms with van der Waals surface area (Å²) in [5.74, 6) is 1.44. The largest absolute Gasteiger partial charge is 0.454 e. The molecule has 0 atom stereocenters. The second kappa shape index (κ2) is 29.1. The second-order valence-corrected chi connectivity index (χ2v) is 32.0. The van der Waals surface area contributed by atoms with Gasteiger partial charge in [-0.3, -0.25) is 9.97 Å². The lowest BCUT2D eigenvalue weighted by Crippen LogP contribution is -1.97. The molecular weight excluding hydrogens is 1570 g/mol. The van der Waals surface area contributed by atoms with Crippen molar-refractivity contribution in [3.8, 4) is 84.6 Å². The van der Waals surface area contributed by atoms with Gasteiger partial charge in [-0.25, -0.2) is 19.9 Å². The van der Waals surface area contributed by atoms with Gasteiger partial charge in [0.1, 0.15) is 22.2 Å². The maximum atomic E-state index is 6.12. The number of aromatic amines is 1. The second-order valence-electron chi connectivity index (χ2n) is 31.1. The van der Waals surface area contributed by atoms with E-state index < -0.39 is 0 Å². The van der Waals surface area contributed by atoms with E-state index in [1.54, 1.807) is 0 Å². The van der Waals surface area contributed by atoms with Crippen molar-refractivity contribution in [3.05, 3.63) is 405 Å². The van der Waals surface area contributed by atoms with Gasteiger partial charge < -0.3 is 27.5 Å². The molecule has 10 heterocycles. The number of furan rings is 2. The molecule has 0 aliphatic carbocycles. The molecule has 0 radical (unpaired) electrons. The van der Waals surface area contributed by atoms with Gasteiger partial charge in [0.05, 0.1) is 55.5 Å². The highest BCUT2D eigenvalue weighted by Gasteiger charge is 2.23. The fourth-order valence-electron chi connectivity index (χ4n) is 18.2. The predicted molar refractivity (Wildman–Crippen MR) is 508 cm³/mol. The number of benzene rings is 16. The minimum atomic E-state index is 0.701. The van der Waals surface area contributed by atoms with Crippen LogP contribution in [0.3, 0.4) is 0 Å². The maximum absolute atomic E-state index is 6.12. The first-order valence-electron chi connectivity index (χ1n) is 41.0. The standard InChI is InChI=1S/C55H33N5O.C35H21N3O.C20H13BrN2/c1-2-12-34(13-3-1)53-42-18-4-7-19-46(42)57-55(58-53)37-14-10-15-38(30-37)59-47-20-8-5-16-40(47)43-31-35(23-26-49(43)59)36-24-27-50-44(32-36)41-17-6-9-21-48(41)60(50)39-25-28-51-45(33-39)54-52(61-51)22-11-29-56-54;1-3-8-29-24(6-1)26-18-21(11-14-30(26)37-29)22-12-15-32-27(19-22)25-7-2-4-9-31(25)38(32)23-13-16-33-28(20-23)35-34(39-33)10-5-17-36-35;21-16-10-6-9-15(13-16)20-22-18-12-5-4-11-17(18)19(23-20)14-7-2-1-3-8-14/h1-33H;1-20,37H;1-13H. The number of hydrogen-bond acceptors (Lipinski definition) is 8. The number of rotatable bonds is 9. The third-order valence-electron chi connectivity index (χ3n) is 23.9. The molecule has 0 spiro atoms. The quantitative estimate of drug-likeness (QED) is 0.151. The summed E-state index contributed by atoms with van der Waals surface area (Å²) in [5.41, 5.74) is 30.2. The average molecular weight is 1640 g/mol. The Kier molecular flexibility index (Phi) is 16.8. The number of pyridine rings is 2. The first-order chi connectivity index (χ1) is 60.9. The van der Waals surface area contributed by atoms with Gasteiger partial charge in [0.25, 0.3) is 0 Å². The lowest BCUT2D eigenvalue weighted by Gasteiger charge is -2.12. The normalized spacial score (nSPS) is 11.8. The molecule has 0 aliphatic rings. The number of nitrogens with zero attached hydrogens (tertiary/aromatic N) is 9. The van der Waals surface area contributed by atoms with Crippen molar-refractivity contribution in [3.63, 3.8) is 0 Å². The van der Waals surface area contributed by atoms with Crippen LogP contribution in [0.25, 0.3) is 238 Å². The van der Waals surface area contributed by atoms with Crippen molar-refractivity contribution < 1.29 is 8.83 Å². The maximum Gasteiger partial charge on any atom is 0.160 e. The molecule has 26 rings (SSSR count). The van der Waals surface area contributed by atoms with Crippen LogP contribution in [0.15, 0.2) is 414 Å². The number of H-pyrrole nitrogens is 1. The molecule has 123 heavy (non-hydrogen) atoms. The predicted octanol–water partition coefficient (Wildman–Crippen LogP) is 29.2. The molecule has 576 valence electrons. The number of hydrogen-bond donors (Lipinski definition) is 1. The van der Waals surface area contributed by atoms with E-state index in [0.29, 0.717) is 5.82 Å². The van der Waals surface area contributed by atoms with E-state index in [9.17, 15) is 0 Å². The van der Waals surface area contributed by atoms with Gasteiger partial charge in [0.2, 0.25) is 0 Å². The van der Waals surface area contributed by atoms with E-state index in [1.807, 2.05) is 116 Å². The molecule has 26 aromatic rings. The Labute approximate surface area is 711 Å². The smallest absolute Gasteiger partial charge is 0.160 e. The summed E-state index contributed by atoms with van der Waals surface area (Å²) in [5, 5.41) is 13.9. The van der Waals surface area contributed by atoms with Gasteiger partial charge in [0.15, 0.2) is 22.8 Å². The SMILES string of the molecule is Brc1cccc(-c2nc(-c3ccccc3)c3ccccc3n2)c1.c1ccc(-c2nc(-c3cccc(-n4c5ccccc5c5cc(-c6ccc7c(c6)c6ccccc6n7-c6ccc7oc8cccnc8c7c6)ccc54)c3)nc3ccccc23)cc1.c1ccc2c(c1)[nH]c1ccc(-c3ccc4c(c3)c3ccccc3n4-c3ccc4oc5cccnc5c4c3)cc12. The first-order valence-corrected chi connectivity index (χ1v) is 41.8. The zero-order valence-corrected chi connectivity index (χ0v) is 67.4. The van der Waals surface area contributed by atoms with Gasteiger partial charge in [-0.1, -0.05) is 234 Å². The summed E-state index contributed by atoms with van der Waals surface area (Å²) in [7, 11) is 0. The zero-order valence-electron chi connectivity index (χ0n) is 65.8. The van der Waals surface area contributed by atoms with Crippen LogP contribution in [0.2, 0.25) is 0 Å². The number of fused-ring (bicyclic) bond motifs is 20. The number of para-hydroxylation sites is 6. The molecule has 0 bridgehead atoms. The Balaban J connectivity index is 0.000000117. The Morgan fingerprint density at radius 2 is 0.610 bits per heavy atom. The molecular formula is C110H67BrN10O2. The summed E-state index contributed by atoms with van der Waals surface area (Å²) >= 11 is 3.52. The van der Waals surface area contributed by atoms with Crippen molar-refractivity contribution in [2.75, 3.05) is 0 Å². The van der Waals surface area contributed by atoms with Crippen LogP contribution in [-0.2, 0) is 0 Å². The summed E-state index contributed by atoms with van der Waals surface area (Å²) in [6, 6.07) is 136. The van der Waals surface area contributed by atoms with Crippen LogP contribution >= 0.6 is 15.9 Å². The summed E-state index contributed by atoms with van der Waals surface area (Å²) in [6.07, 6.45) is 3.64. The van der Waals surface area contributed by atoms with E-state index in [-0.39, 0.29) is 0 Å². The minimum Gasteiger partial charge on any atom is -0.454 e. The molecule has 0 unspecified atom stereocenters. The highest BCUT2D eigenvalue weighted by atomic mass is 79.9. The van der Waals surface area contributed by atoms with Gasteiger partial charge >= 0.3 is 0 Å². The molecule has 1 N–H and O–H groups in total. The Hall–Kier alpha value is -16.2. The number of halogens is 1. The highest BCUT2D eigenvalue weighted by Crippen LogP contribution is 2.44. The van der Waals surface area contributed by atoms with Crippen LogP contribution in [0.1, 0.15) is 0 Å². The van der Waals surface area contributed by atoms with Crippen LogP contribution < -0.4 is 0 Å². The molecule has 10 aromatic heterocycles. The topological polar surface area (TPSA) is 134 Å². The fourth-order valence-corrected chi connectivity index (χ4v) is 18.6. The van der Waals surface area contributed by atoms with Crippen molar-refractivity contribution in [2.24, 2.45) is 0 Å². The van der Waals surface area contributed by atoms with Gasteiger partial charge in [-0.05, 0) is 192 Å². The van der Waals surface area contributed by atoms with Gasteiger partial charge in [-0.15, -0.1) is 0 Å². The minimum absolute atomic E-state index is 0.701. The van der Waals surface area contributed by atoms with Crippen molar-refractivity contribution in [1.82, 2.24) is 48.6 Å². The number of aromatic nitrogens is 10. The van der Waals surface area contributed by atoms with E-state index in [0.717, 1.165) is 155 Å². The lowest BCUT2D eigenvalue weighted by atomic mass is 10.0. The highest BCUT2D eigenvalue weighted by molar-refractivity contribution is 9.10. The van der Waals surface area contributed by atoms with Gasteiger partial charge in [0, 0.05) is 132 Å². The van der Waals surface area contributed by atoms with E-state index in [4.69, 9.17) is 28.8 Å². The molecule has 13 heteroatoms. The third kappa shape index (κ3) is 12.2. The molecule has 0 aliphatic heterocycles. The molecule has 0 saturated heterocycles. The van der Waals surface area contributed by atoms with Crippen LogP contribution in [0.5, 0.6) is 0 Å². The summed E-state index contributed by atoms with van der Waals surface area (Å²) < 4.78 is 20.3. The molecule has 12 nitrogen and oxygen atoms in total. The van der Waals surface area contributed by atoms with Crippen LogP contribution in [0.4, 0.5) is 0 Å². The van der Waals surface area contributed by atoms with Crippen molar-refractivity contribution in [1.29, 1.82) is 0 Å². The number of nitrogens with one attached hydrogen (secondary N) is 1. The summed E-state index contributed by atoms with van der Waals surface area (Å²) in [6.45, 7) is 0. The summed E-state index contributed by atoms with van der Waals surface area (Å²) in [4.78, 5) is 32.6. The third-order valence-corrected chi connectivity index (χ3v) is 24.4. The van der Waals surface area contributed by atoms with E-state index in [1.165, 1.54) is 81.9 Å². The van der Waals surface area contributed by atoms with E-state index in [2.05, 4.69) is 330 Å². The zero-order chi connectivity index (χ0) is 81.2. The van der Waals surface area contributed by atoms with Crippen LogP contribution in [-0.4, -0.2) is 48.6 Å².